The molecule has 2 rings (SSSR count). The largest absolute Gasteiger partial charge is 0.463 e. The topological polar surface area (TPSA) is 166 Å². The minimum Gasteiger partial charge on any atom is -0.463 e. The summed E-state index contributed by atoms with van der Waals surface area (Å²) in [4.78, 5) is 47.1. The van der Waals surface area contributed by atoms with E-state index in [0.29, 0.717) is 0 Å². The van der Waals surface area contributed by atoms with Gasteiger partial charge in [-0.25, -0.2) is 0 Å². The Morgan fingerprint density at radius 3 is 1.59 bits per heavy atom. The van der Waals surface area contributed by atoms with Crippen molar-refractivity contribution in [2.45, 2.75) is 95.4 Å². The predicted molar refractivity (Wildman–Crippen MR) is 143 cm³/mol. The lowest BCUT2D eigenvalue weighted by atomic mass is 9.83. The Bertz CT molecular complexity index is 972. The standard InChI is InChI=1S/C25H36Cl3NO12/c1-10-11(2)20(36-15(6)32)22(38-17(10)8-34-13(4)30)40-19-12(3)21(37-16(7)33)23(41-24(29)25(26,27)28)39-18(19)9-35-14(5)31/h10-12,17-23,29H,8-9H2,1-7H3/t10-,11-,12-,17+,18+,19-,20+,21+,22-,23-/m0/s1. The van der Waals surface area contributed by atoms with Crippen LogP contribution in [-0.4, -0.2) is 89.9 Å². The van der Waals surface area contributed by atoms with E-state index in [2.05, 4.69) is 0 Å². The van der Waals surface area contributed by atoms with Gasteiger partial charge in [0.05, 0.1) is 12.2 Å². The molecule has 0 unspecified atom stereocenters. The molecule has 2 aliphatic rings. The second-order valence-corrected chi connectivity index (χ2v) is 12.2. The van der Waals surface area contributed by atoms with Gasteiger partial charge in [0.15, 0.2) is 18.5 Å². The first-order valence-electron chi connectivity index (χ1n) is 12.8. The fraction of sp³-hybridized carbons (Fsp3) is 0.800. The van der Waals surface area contributed by atoms with E-state index in [1.165, 1.54) is 20.8 Å². The lowest BCUT2D eigenvalue weighted by Gasteiger charge is -2.48. The Morgan fingerprint density at radius 1 is 0.659 bits per heavy atom. The van der Waals surface area contributed by atoms with Gasteiger partial charge in [0, 0.05) is 39.5 Å². The lowest BCUT2D eigenvalue weighted by molar-refractivity contribution is -0.338. The summed E-state index contributed by atoms with van der Waals surface area (Å²) in [5, 5.41) is 7.97. The number of ether oxygens (including phenoxy) is 8. The summed E-state index contributed by atoms with van der Waals surface area (Å²) >= 11 is 17.3. The molecular weight excluding hydrogens is 613 g/mol. The van der Waals surface area contributed by atoms with E-state index in [1.54, 1.807) is 6.92 Å². The second kappa shape index (κ2) is 15.0. The summed E-state index contributed by atoms with van der Waals surface area (Å²) in [5.41, 5.74) is 0. The Balaban J connectivity index is 2.45. The van der Waals surface area contributed by atoms with Crippen LogP contribution < -0.4 is 0 Å². The van der Waals surface area contributed by atoms with Gasteiger partial charge < -0.3 is 37.9 Å². The van der Waals surface area contributed by atoms with Crippen LogP contribution in [0, 0.1) is 23.2 Å². The molecule has 10 atom stereocenters. The summed E-state index contributed by atoms with van der Waals surface area (Å²) in [6, 6.07) is 0. The van der Waals surface area contributed by atoms with E-state index in [4.69, 9.17) is 78.1 Å². The van der Waals surface area contributed by atoms with Crippen LogP contribution in [0.3, 0.4) is 0 Å². The maximum absolute atomic E-state index is 12.0. The average Bonchev–Trinajstić information content (AvgIpc) is 2.84. The molecule has 13 nitrogen and oxygen atoms in total. The minimum absolute atomic E-state index is 0.0772. The number of carbonyl (C=O) groups excluding carboxylic acids is 4. The normalized spacial score (nSPS) is 33.7. The fourth-order valence-corrected chi connectivity index (χ4v) is 4.68. The van der Waals surface area contributed by atoms with E-state index in [1.807, 2.05) is 13.8 Å². The Labute approximate surface area is 253 Å². The minimum atomic E-state index is -2.25. The molecule has 0 saturated carbocycles. The van der Waals surface area contributed by atoms with Crippen molar-refractivity contribution >= 4 is 64.6 Å². The first-order chi connectivity index (χ1) is 18.9. The van der Waals surface area contributed by atoms with Crippen LogP contribution in [0.5, 0.6) is 0 Å². The third kappa shape index (κ3) is 10.1. The highest BCUT2D eigenvalue weighted by Crippen LogP contribution is 2.39. The third-order valence-corrected chi connectivity index (χ3v) is 7.29. The number of hydrogen-bond donors (Lipinski definition) is 1. The summed E-state index contributed by atoms with van der Waals surface area (Å²) in [7, 11) is 0. The molecule has 41 heavy (non-hydrogen) atoms. The SMILES string of the molecule is CC(=O)OC[C@H]1O[C@@H](O[C@H]2[C@H](C)[C@@H](OC(C)=O)[C@H](OC(=N)C(Cl)(Cl)Cl)O[C@@H]2COC(C)=O)[C@H](OC(C)=O)[C@@H](C)[C@@H]1C. The van der Waals surface area contributed by atoms with Gasteiger partial charge in [0.2, 0.25) is 12.2 Å². The molecule has 2 saturated heterocycles. The monoisotopic (exact) mass is 647 g/mol. The molecule has 2 heterocycles. The van der Waals surface area contributed by atoms with Crippen LogP contribution in [0.25, 0.3) is 0 Å². The van der Waals surface area contributed by atoms with Gasteiger partial charge in [-0.1, -0.05) is 55.6 Å². The summed E-state index contributed by atoms with van der Waals surface area (Å²) < 4.78 is 43.0. The van der Waals surface area contributed by atoms with Gasteiger partial charge >= 0.3 is 23.9 Å². The molecule has 0 bridgehead atoms. The summed E-state index contributed by atoms with van der Waals surface area (Å²) in [5.74, 6) is -4.49. The molecule has 0 amide bonds. The van der Waals surface area contributed by atoms with Crippen molar-refractivity contribution in [3.63, 3.8) is 0 Å². The summed E-state index contributed by atoms with van der Waals surface area (Å²) in [6.45, 7) is 9.79. The first-order valence-corrected chi connectivity index (χ1v) is 14.0. The highest BCUT2D eigenvalue weighted by Gasteiger charge is 2.53. The van der Waals surface area contributed by atoms with Crippen molar-refractivity contribution < 1.29 is 57.1 Å². The van der Waals surface area contributed by atoms with E-state index < -0.39 is 82.6 Å². The number of carbonyl (C=O) groups is 4. The number of hydrogen-bond acceptors (Lipinski definition) is 13. The molecule has 0 spiro atoms. The van der Waals surface area contributed by atoms with Crippen molar-refractivity contribution in [3.05, 3.63) is 0 Å². The quantitative estimate of drug-likeness (QED) is 0.128. The van der Waals surface area contributed by atoms with Crippen LogP contribution in [-0.2, 0) is 57.1 Å². The molecule has 0 radical (unpaired) electrons. The zero-order valence-electron chi connectivity index (χ0n) is 23.7. The second-order valence-electron chi connectivity index (χ2n) is 9.96. The van der Waals surface area contributed by atoms with Crippen LogP contribution in [0.1, 0.15) is 48.5 Å². The number of esters is 4. The van der Waals surface area contributed by atoms with Gasteiger partial charge in [-0.3, -0.25) is 24.6 Å². The van der Waals surface area contributed by atoms with E-state index in [0.717, 1.165) is 6.92 Å². The molecule has 0 aromatic carbocycles. The van der Waals surface area contributed by atoms with Crippen LogP contribution in [0.4, 0.5) is 0 Å². The maximum atomic E-state index is 12.0. The van der Waals surface area contributed by atoms with Crippen molar-refractivity contribution in [1.82, 2.24) is 0 Å². The Kier molecular flexibility index (Phi) is 12.9. The number of rotatable bonds is 9. The fourth-order valence-electron chi connectivity index (χ4n) is 4.55. The van der Waals surface area contributed by atoms with Gasteiger partial charge in [0.1, 0.15) is 19.3 Å². The van der Waals surface area contributed by atoms with Gasteiger partial charge in [-0.2, -0.15) is 0 Å². The number of halogens is 3. The molecule has 16 heteroatoms. The van der Waals surface area contributed by atoms with Gasteiger partial charge in [-0.15, -0.1) is 0 Å². The van der Waals surface area contributed by atoms with Gasteiger partial charge in [-0.05, 0) is 5.92 Å². The smallest absolute Gasteiger partial charge is 0.303 e. The highest BCUT2D eigenvalue weighted by molar-refractivity contribution is 6.76. The van der Waals surface area contributed by atoms with E-state index in [9.17, 15) is 19.2 Å². The molecule has 0 aromatic heterocycles. The van der Waals surface area contributed by atoms with Gasteiger partial charge in [0.25, 0.3) is 3.79 Å². The van der Waals surface area contributed by atoms with E-state index >= 15 is 0 Å². The Hall–Kier alpha value is -1.90. The average molecular weight is 649 g/mol. The highest BCUT2D eigenvalue weighted by atomic mass is 35.6. The maximum Gasteiger partial charge on any atom is 0.303 e. The Morgan fingerprint density at radius 2 is 1.12 bits per heavy atom. The first kappa shape index (κ1) is 35.3. The van der Waals surface area contributed by atoms with E-state index in [-0.39, 0.29) is 25.0 Å². The zero-order chi connectivity index (χ0) is 31.2. The van der Waals surface area contributed by atoms with Crippen molar-refractivity contribution in [1.29, 1.82) is 5.41 Å². The van der Waals surface area contributed by atoms with Crippen LogP contribution in [0.15, 0.2) is 0 Å². The van der Waals surface area contributed by atoms with Crippen LogP contribution >= 0.6 is 34.8 Å². The summed E-state index contributed by atoms with van der Waals surface area (Å²) in [6.07, 6.45) is -7.45. The van der Waals surface area contributed by atoms with Crippen molar-refractivity contribution in [2.24, 2.45) is 17.8 Å². The number of alkyl halides is 3. The zero-order valence-corrected chi connectivity index (χ0v) is 26.0. The number of nitrogens with one attached hydrogen (secondary N) is 1. The third-order valence-electron chi connectivity index (χ3n) is 6.78. The molecule has 2 aliphatic heterocycles. The molecule has 1 N–H and O–H groups in total. The van der Waals surface area contributed by atoms with Crippen molar-refractivity contribution in [2.75, 3.05) is 13.2 Å². The molecule has 0 aromatic rings. The molecule has 234 valence electrons. The lowest BCUT2D eigenvalue weighted by Crippen LogP contribution is -2.61. The molecule has 2 fully saturated rings. The van der Waals surface area contributed by atoms with Crippen LogP contribution in [0.2, 0.25) is 0 Å². The van der Waals surface area contributed by atoms with Crippen molar-refractivity contribution in [3.8, 4) is 0 Å². The molecule has 0 aliphatic carbocycles. The predicted octanol–water partition coefficient (Wildman–Crippen LogP) is 3.08. The molecular formula is C25H36Cl3NO12.